The largest absolute Gasteiger partial charge is 0.493 e. The highest BCUT2D eigenvalue weighted by Gasteiger charge is 2.43. The Morgan fingerprint density at radius 2 is 2.00 bits per heavy atom. The second-order valence-electron chi connectivity index (χ2n) is 10.0. The first-order valence-corrected chi connectivity index (χ1v) is 15.2. The maximum absolute atomic E-state index is 13.9. The highest BCUT2D eigenvalue weighted by atomic mass is 127. The van der Waals surface area contributed by atoms with E-state index >= 15 is 0 Å². The number of aliphatic hydroxyl groups excluding tert-OH is 3. The van der Waals surface area contributed by atoms with Crippen molar-refractivity contribution in [2.24, 2.45) is 5.92 Å². The Morgan fingerprint density at radius 1 is 1.21 bits per heavy atom. The summed E-state index contributed by atoms with van der Waals surface area (Å²) < 4.78 is 17.9. The fraction of sp³-hybridized carbons (Fsp3) is 0.448. The van der Waals surface area contributed by atoms with E-state index in [1.165, 1.54) is 13.2 Å². The van der Waals surface area contributed by atoms with E-state index < -0.39 is 30.1 Å². The first-order chi connectivity index (χ1) is 20.2. The molecule has 13 heteroatoms. The van der Waals surface area contributed by atoms with E-state index in [-0.39, 0.29) is 50.8 Å². The fourth-order valence-electron chi connectivity index (χ4n) is 5.05. The highest BCUT2D eigenvalue weighted by molar-refractivity contribution is 14.1. The van der Waals surface area contributed by atoms with Gasteiger partial charge in [0.1, 0.15) is 12.2 Å². The lowest BCUT2D eigenvalue weighted by Gasteiger charge is -2.41. The molecule has 0 aromatic heterocycles. The molecule has 0 radical (unpaired) electrons. The van der Waals surface area contributed by atoms with Crippen molar-refractivity contribution >= 4 is 57.6 Å². The Bertz CT molecular complexity index is 1320. The van der Waals surface area contributed by atoms with Gasteiger partial charge in [0.25, 0.3) is 0 Å². The van der Waals surface area contributed by atoms with Gasteiger partial charge in [0, 0.05) is 41.7 Å². The van der Waals surface area contributed by atoms with Crippen LogP contribution in [-0.2, 0) is 27.5 Å². The third kappa shape index (κ3) is 7.68. The second kappa shape index (κ2) is 15.0. The molecule has 2 aliphatic rings. The zero-order chi connectivity index (χ0) is 30.4. The number of methoxy groups -OCH3 is 1. The summed E-state index contributed by atoms with van der Waals surface area (Å²) >= 11 is 14.6. The number of amides is 2. The average Bonchev–Trinajstić information content (AvgIpc) is 3.52. The van der Waals surface area contributed by atoms with Crippen LogP contribution in [0.4, 0.5) is 0 Å². The van der Waals surface area contributed by atoms with Gasteiger partial charge in [-0.15, -0.1) is 0 Å². The predicted octanol–water partition coefficient (Wildman–Crippen LogP) is 3.08. The number of nitrogens with one attached hydrogen (secondary N) is 1. The maximum atomic E-state index is 13.9. The summed E-state index contributed by atoms with van der Waals surface area (Å²) in [6, 6.07) is 7.45. The van der Waals surface area contributed by atoms with Crippen molar-refractivity contribution in [2.45, 2.75) is 44.2 Å². The number of hydrogen-bond donors (Lipinski definition) is 4. The number of hydrogen-bond acceptors (Lipinski definition) is 8. The minimum absolute atomic E-state index is 0.0283. The molecular formula is C29H33Cl2IN2O8. The molecule has 4 rings (SSSR count). The topological polar surface area (TPSA) is 138 Å². The van der Waals surface area contributed by atoms with Crippen LogP contribution in [-0.4, -0.2) is 83.8 Å². The summed E-state index contributed by atoms with van der Waals surface area (Å²) in [5, 5.41) is 34.1. The van der Waals surface area contributed by atoms with Crippen LogP contribution in [0.2, 0.25) is 10.0 Å². The average molecular weight is 735 g/mol. The molecule has 4 atom stereocenters. The molecule has 1 heterocycles. The van der Waals surface area contributed by atoms with E-state index in [4.69, 9.17) is 37.4 Å². The lowest BCUT2D eigenvalue weighted by molar-refractivity contribution is -0.143. The van der Waals surface area contributed by atoms with Crippen LogP contribution in [0.5, 0.6) is 11.5 Å². The van der Waals surface area contributed by atoms with Crippen molar-refractivity contribution < 1.29 is 39.1 Å². The number of aliphatic hydroxyl groups is 3. The van der Waals surface area contributed by atoms with Gasteiger partial charge in [0.05, 0.1) is 42.5 Å². The number of rotatable bonds is 11. The van der Waals surface area contributed by atoms with Gasteiger partial charge in [-0.2, -0.15) is 0 Å². The van der Waals surface area contributed by atoms with Gasteiger partial charge in [-0.05, 0) is 70.5 Å². The Kier molecular flexibility index (Phi) is 11.7. The van der Waals surface area contributed by atoms with Crippen LogP contribution in [0, 0.1) is 9.49 Å². The monoisotopic (exact) mass is 734 g/mol. The Morgan fingerprint density at radius 3 is 2.64 bits per heavy atom. The molecule has 4 N–H and O–H groups in total. The first-order valence-electron chi connectivity index (χ1n) is 13.4. The minimum Gasteiger partial charge on any atom is -0.493 e. The molecule has 2 amide bonds. The third-order valence-corrected chi connectivity index (χ3v) is 8.65. The standard InChI is InChI=1S/C29H33Cl2IN2O8/c1-40-25-9-16(14-36)8-22(32)27(25)42-24-11-19(28(38)33-5-6-35)10-23(26(24)37)34(29(39)18-4-7-41-15-18)13-17-2-3-20(30)12-21(17)31/h2-3,8-9,11-12,18,23-24,26,35-37H,4-7,10,13-15H2,1H3,(H,33,38)/t18?,23-,24+,26+/m1/s1. The Balaban J connectivity index is 1.75. The number of halogens is 3. The molecule has 1 aliphatic carbocycles. The molecule has 10 nitrogen and oxygen atoms in total. The Hall–Kier alpha value is -2.13. The van der Waals surface area contributed by atoms with E-state index in [1.54, 1.807) is 35.2 Å². The van der Waals surface area contributed by atoms with Gasteiger partial charge >= 0.3 is 0 Å². The van der Waals surface area contributed by atoms with Crippen LogP contribution in [0.25, 0.3) is 0 Å². The zero-order valence-corrected chi connectivity index (χ0v) is 26.6. The normalized spacial score (nSPS) is 21.9. The van der Waals surface area contributed by atoms with Crippen molar-refractivity contribution in [3.05, 3.63) is 66.7 Å². The Labute approximate surface area is 267 Å². The summed E-state index contributed by atoms with van der Waals surface area (Å²) in [6.07, 6.45) is -0.231. The molecule has 2 aromatic rings. The second-order valence-corrected chi connectivity index (χ2v) is 12.1. The maximum Gasteiger partial charge on any atom is 0.247 e. The number of nitrogens with zero attached hydrogens (tertiary/aromatic N) is 1. The minimum atomic E-state index is -1.25. The molecular weight excluding hydrogens is 702 g/mol. The van der Waals surface area contributed by atoms with Gasteiger partial charge in [0.15, 0.2) is 11.5 Å². The number of benzene rings is 2. The van der Waals surface area contributed by atoms with Gasteiger partial charge in [0.2, 0.25) is 11.8 Å². The fourth-order valence-corrected chi connectivity index (χ4v) is 6.31. The molecule has 1 aliphatic heterocycles. The van der Waals surface area contributed by atoms with Crippen molar-refractivity contribution in [1.29, 1.82) is 0 Å². The van der Waals surface area contributed by atoms with E-state index in [2.05, 4.69) is 5.32 Å². The van der Waals surface area contributed by atoms with E-state index in [0.29, 0.717) is 49.3 Å². The van der Waals surface area contributed by atoms with Gasteiger partial charge in [-0.3, -0.25) is 9.59 Å². The van der Waals surface area contributed by atoms with Gasteiger partial charge in [-0.1, -0.05) is 29.3 Å². The van der Waals surface area contributed by atoms with Crippen molar-refractivity contribution in [1.82, 2.24) is 10.2 Å². The van der Waals surface area contributed by atoms with Crippen LogP contribution >= 0.6 is 45.8 Å². The lowest BCUT2D eigenvalue weighted by Crippen LogP contribution is -2.56. The zero-order valence-electron chi connectivity index (χ0n) is 22.9. The van der Waals surface area contributed by atoms with Gasteiger partial charge < -0.3 is 39.7 Å². The molecule has 1 saturated heterocycles. The first kappa shape index (κ1) is 32.8. The van der Waals surface area contributed by atoms with E-state index in [0.717, 1.165) is 0 Å². The molecule has 0 spiro atoms. The van der Waals surface area contributed by atoms with E-state index in [9.17, 15) is 24.9 Å². The lowest BCUT2D eigenvalue weighted by atomic mass is 9.87. The summed E-state index contributed by atoms with van der Waals surface area (Å²) in [4.78, 5) is 28.6. The summed E-state index contributed by atoms with van der Waals surface area (Å²) in [5.74, 6) is -0.462. The molecule has 2 aromatic carbocycles. The van der Waals surface area contributed by atoms with Crippen molar-refractivity contribution in [2.75, 3.05) is 33.5 Å². The quantitative estimate of drug-likeness (QED) is 0.259. The molecule has 0 bridgehead atoms. The number of carbonyl (C=O) groups excluding carboxylic acids is 2. The molecule has 1 fully saturated rings. The van der Waals surface area contributed by atoms with Crippen LogP contribution in [0.3, 0.4) is 0 Å². The summed E-state index contributed by atoms with van der Waals surface area (Å²) in [7, 11) is 1.46. The smallest absolute Gasteiger partial charge is 0.247 e. The van der Waals surface area contributed by atoms with Crippen LogP contribution in [0.15, 0.2) is 42.0 Å². The van der Waals surface area contributed by atoms with Gasteiger partial charge in [-0.25, -0.2) is 0 Å². The molecule has 1 unspecified atom stereocenters. The number of ether oxygens (including phenoxy) is 3. The van der Waals surface area contributed by atoms with Crippen LogP contribution < -0.4 is 14.8 Å². The van der Waals surface area contributed by atoms with E-state index in [1.807, 2.05) is 22.6 Å². The summed E-state index contributed by atoms with van der Waals surface area (Å²) in [5.41, 5.74) is 1.52. The molecule has 0 saturated carbocycles. The van der Waals surface area contributed by atoms with Crippen molar-refractivity contribution in [3.63, 3.8) is 0 Å². The molecule has 42 heavy (non-hydrogen) atoms. The predicted molar refractivity (Wildman–Crippen MR) is 165 cm³/mol. The summed E-state index contributed by atoms with van der Waals surface area (Å²) in [6.45, 7) is 0.327. The number of carbonyl (C=O) groups is 2. The SMILES string of the molecule is COc1cc(CO)cc(I)c1O[C@H]1C=C(C(=O)NCCO)C[C@@H](N(Cc2ccc(Cl)cc2Cl)C(=O)C2CCOC2)[C@@H]1O. The third-order valence-electron chi connectivity index (χ3n) is 7.26. The van der Waals surface area contributed by atoms with Crippen molar-refractivity contribution in [3.8, 4) is 11.5 Å². The highest BCUT2D eigenvalue weighted by Crippen LogP contribution is 2.38. The molecule has 228 valence electrons. The van der Waals surface area contributed by atoms with Crippen LogP contribution in [0.1, 0.15) is 24.0 Å².